The van der Waals surface area contributed by atoms with Gasteiger partial charge in [0.1, 0.15) is 0 Å². The van der Waals surface area contributed by atoms with Crippen molar-refractivity contribution in [1.82, 2.24) is 9.97 Å². The van der Waals surface area contributed by atoms with Crippen molar-refractivity contribution in [2.75, 3.05) is 5.32 Å². The van der Waals surface area contributed by atoms with Gasteiger partial charge in [-0.15, -0.1) is 0 Å². The average Bonchev–Trinajstić information content (AvgIpc) is 2.25. The second kappa shape index (κ2) is 6.04. The predicted molar refractivity (Wildman–Crippen MR) is 69.1 cm³/mol. The van der Waals surface area contributed by atoms with Crippen LogP contribution < -0.4 is 5.32 Å². The molecule has 0 spiro atoms. The van der Waals surface area contributed by atoms with Crippen molar-refractivity contribution in [2.45, 2.75) is 53.0 Å². The molecule has 1 aromatic heterocycles. The standard InChI is InChI=1S/C12H20ClN3/c1-5-7-10(6-2)16-12-11(13)14-8(3)9(4)15-12/h10H,5-7H2,1-4H3,(H,15,16). The van der Waals surface area contributed by atoms with Gasteiger partial charge in [0.2, 0.25) is 0 Å². The zero-order valence-electron chi connectivity index (χ0n) is 10.5. The highest BCUT2D eigenvalue weighted by Gasteiger charge is 2.11. The lowest BCUT2D eigenvalue weighted by atomic mass is 10.1. The zero-order valence-corrected chi connectivity index (χ0v) is 11.2. The van der Waals surface area contributed by atoms with Crippen molar-refractivity contribution >= 4 is 17.4 Å². The van der Waals surface area contributed by atoms with Gasteiger partial charge in [0.15, 0.2) is 11.0 Å². The van der Waals surface area contributed by atoms with Crippen molar-refractivity contribution < 1.29 is 0 Å². The molecule has 0 aliphatic carbocycles. The molecular formula is C12H20ClN3. The molecule has 1 unspecified atom stereocenters. The van der Waals surface area contributed by atoms with Gasteiger partial charge in [-0.1, -0.05) is 31.9 Å². The Morgan fingerprint density at radius 2 is 1.81 bits per heavy atom. The molecule has 0 saturated carbocycles. The second-order valence-electron chi connectivity index (χ2n) is 4.07. The van der Waals surface area contributed by atoms with Gasteiger partial charge in [-0.05, 0) is 26.7 Å². The van der Waals surface area contributed by atoms with Crippen LogP contribution in [0.4, 0.5) is 5.82 Å². The number of hydrogen-bond acceptors (Lipinski definition) is 3. The molecule has 4 heteroatoms. The molecule has 0 radical (unpaired) electrons. The van der Waals surface area contributed by atoms with Crippen molar-refractivity contribution in [2.24, 2.45) is 0 Å². The summed E-state index contributed by atoms with van der Waals surface area (Å²) in [5, 5.41) is 3.83. The molecule has 0 aromatic carbocycles. The van der Waals surface area contributed by atoms with Gasteiger partial charge in [0, 0.05) is 6.04 Å². The smallest absolute Gasteiger partial charge is 0.171 e. The molecule has 0 aliphatic heterocycles. The van der Waals surface area contributed by atoms with Crippen molar-refractivity contribution in [3.05, 3.63) is 16.5 Å². The lowest BCUT2D eigenvalue weighted by molar-refractivity contribution is 0.619. The Morgan fingerprint density at radius 1 is 1.19 bits per heavy atom. The fraction of sp³-hybridized carbons (Fsp3) is 0.667. The number of nitrogens with zero attached hydrogens (tertiary/aromatic N) is 2. The third kappa shape index (κ3) is 3.34. The molecule has 1 rings (SSSR count). The number of nitrogens with one attached hydrogen (secondary N) is 1. The van der Waals surface area contributed by atoms with E-state index in [-0.39, 0.29) is 0 Å². The third-order valence-electron chi connectivity index (χ3n) is 2.74. The summed E-state index contributed by atoms with van der Waals surface area (Å²) >= 11 is 6.07. The third-order valence-corrected chi connectivity index (χ3v) is 3.00. The molecule has 0 bridgehead atoms. The lowest BCUT2D eigenvalue weighted by Crippen LogP contribution is -2.19. The van der Waals surface area contributed by atoms with Gasteiger partial charge in [0.05, 0.1) is 11.4 Å². The summed E-state index contributed by atoms with van der Waals surface area (Å²) in [6, 6.07) is 0.430. The SMILES string of the molecule is CCCC(CC)Nc1nc(C)c(C)nc1Cl. The molecule has 90 valence electrons. The quantitative estimate of drug-likeness (QED) is 0.854. The summed E-state index contributed by atoms with van der Waals surface area (Å²) in [6.07, 6.45) is 3.35. The number of hydrogen-bond donors (Lipinski definition) is 1. The summed E-state index contributed by atoms with van der Waals surface area (Å²) in [7, 11) is 0. The van der Waals surface area contributed by atoms with Gasteiger partial charge in [-0.3, -0.25) is 0 Å². The van der Waals surface area contributed by atoms with Crippen LogP contribution in [0.5, 0.6) is 0 Å². The molecule has 1 atom stereocenters. The molecule has 0 aliphatic rings. The molecular weight excluding hydrogens is 222 g/mol. The van der Waals surface area contributed by atoms with Crippen LogP contribution in [0.3, 0.4) is 0 Å². The van der Waals surface area contributed by atoms with Crippen molar-refractivity contribution in [1.29, 1.82) is 0 Å². The van der Waals surface area contributed by atoms with E-state index in [9.17, 15) is 0 Å². The Kier molecular flexibility index (Phi) is 5.00. The van der Waals surface area contributed by atoms with Gasteiger partial charge in [0.25, 0.3) is 0 Å². The molecule has 0 fully saturated rings. The van der Waals surface area contributed by atoms with Crippen LogP contribution in [0, 0.1) is 13.8 Å². The van der Waals surface area contributed by atoms with Crippen LogP contribution in [0.2, 0.25) is 5.15 Å². The van der Waals surface area contributed by atoms with E-state index >= 15 is 0 Å². The molecule has 1 heterocycles. The summed E-state index contributed by atoms with van der Waals surface area (Å²) in [5.74, 6) is 0.713. The minimum atomic E-state index is 0.430. The summed E-state index contributed by atoms with van der Waals surface area (Å²) < 4.78 is 0. The number of rotatable bonds is 5. The Morgan fingerprint density at radius 3 is 2.38 bits per heavy atom. The molecule has 1 N–H and O–H groups in total. The fourth-order valence-electron chi connectivity index (χ4n) is 1.59. The monoisotopic (exact) mass is 241 g/mol. The molecule has 1 aromatic rings. The Balaban J connectivity index is 2.83. The Bertz CT molecular complexity index is 352. The molecule has 3 nitrogen and oxygen atoms in total. The van der Waals surface area contributed by atoms with Crippen LogP contribution in [0.25, 0.3) is 0 Å². The van der Waals surface area contributed by atoms with E-state index in [1.54, 1.807) is 0 Å². The predicted octanol–water partition coefficient (Wildman–Crippen LogP) is 3.74. The Labute approximate surface area is 103 Å². The van der Waals surface area contributed by atoms with Crippen molar-refractivity contribution in [3.8, 4) is 0 Å². The number of anilines is 1. The molecule has 16 heavy (non-hydrogen) atoms. The van der Waals surface area contributed by atoms with Crippen LogP contribution in [-0.2, 0) is 0 Å². The number of aromatic nitrogens is 2. The van der Waals surface area contributed by atoms with Gasteiger partial charge < -0.3 is 5.32 Å². The van der Waals surface area contributed by atoms with E-state index < -0.39 is 0 Å². The first kappa shape index (κ1) is 13.2. The first-order valence-corrected chi connectivity index (χ1v) is 6.23. The first-order chi connectivity index (χ1) is 7.58. The first-order valence-electron chi connectivity index (χ1n) is 5.85. The maximum atomic E-state index is 6.07. The van der Waals surface area contributed by atoms with E-state index in [0.29, 0.717) is 17.0 Å². The van der Waals surface area contributed by atoms with Crippen LogP contribution >= 0.6 is 11.6 Å². The topological polar surface area (TPSA) is 37.8 Å². The Hall–Kier alpha value is -0.830. The van der Waals surface area contributed by atoms with E-state index in [0.717, 1.165) is 30.7 Å². The van der Waals surface area contributed by atoms with Gasteiger partial charge >= 0.3 is 0 Å². The molecule has 0 amide bonds. The van der Waals surface area contributed by atoms with Crippen molar-refractivity contribution in [3.63, 3.8) is 0 Å². The summed E-state index contributed by atoms with van der Waals surface area (Å²) in [6.45, 7) is 8.21. The van der Waals surface area contributed by atoms with Crippen LogP contribution in [0.1, 0.15) is 44.5 Å². The summed E-state index contributed by atoms with van der Waals surface area (Å²) in [4.78, 5) is 8.70. The highest BCUT2D eigenvalue weighted by atomic mass is 35.5. The normalized spacial score (nSPS) is 12.6. The number of aryl methyl sites for hydroxylation is 2. The molecule has 0 saturated heterocycles. The summed E-state index contributed by atoms with van der Waals surface area (Å²) in [5.41, 5.74) is 1.82. The van der Waals surface area contributed by atoms with E-state index in [2.05, 4.69) is 29.1 Å². The minimum absolute atomic E-state index is 0.430. The second-order valence-corrected chi connectivity index (χ2v) is 4.43. The van der Waals surface area contributed by atoms with Gasteiger partial charge in [-0.25, -0.2) is 9.97 Å². The van der Waals surface area contributed by atoms with E-state index in [4.69, 9.17) is 11.6 Å². The average molecular weight is 242 g/mol. The largest absolute Gasteiger partial charge is 0.365 e. The van der Waals surface area contributed by atoms with Gasteiger partial charge in [-0.2, -0.15) is 0 Å². The number of halogens is 1. The minimum Gasteiger partial charge on any atom is -0.365 e. The maximum absolute atomic E-state index is 6.07. The van der Waals surface area contributed by atoms with Crippen LogP contribution in [-0.4, -0.2) is 16.0 Å². The zero-order chi connectivity index (χ0) is 12.1. The van der Waals surface area contributed by atoms with E-state index in [1.165, 1.54) is 0 Å². The maximum Gasteiger partial charge on any atom is 0.171 e. The van der Waals surface area contributed by atoms with Crippen LogP contribution in [0.15, 0.2) is 0 Å². The highest BCUT2D eigenvalue weighted by molar-refractivity contribution is 6.31. The lowest BCUT2D eigenvalue weighted by Gasteiger charge is -2.17. The highest BCUT2D eigenvalue weighted by Crippen LogP contribution is 2.20. The fourth-order valence-corrected chi connectivity index (χ4v) is 1.81. The van der Waals surface area contributed by atoms with E-state index in [1.807, 2.05) is 13.8 Å².